The summed E-state index contributed by atoms with van der Waals surface area (Å²) in [6.07, 6.45) is 7.21. The Hall–Kier alpha value is -17.8. The lowest BCUT2D eigenvalue weighted by atomic mass is 9.98. The average Bonchev–Trinajstić information content (AvgIpc) is 0.886. The van der Waals surface area contributed by atoms with Gasteiger partial charge in [0.25, 0.3) is 23.6 Å². The number of aromatic nitrogens is 4. The van der Waals surface area contributed by atoms with Gasteiger partial charge in [-0.05, 0) is 294 Å². The molecule has 0 saturated heterocycles. The van der Waals surface area contributed by atoms with Crippen LogP contribution in [0, 0.1) is 58.7 Å². The Morgan fingerprint density at radius 2 is 0.821 bits per heavy atom. The van der Waals surface area contributed by atoms with Gasteiger partial charge in [-0.25, -0.2) is 22.7 Å². The Morgan fingerprint density at radius 3 is 1.26 bits per heavy atom. The minimum absolute atomic E-state index is 0.0394. The van der Waals surface area contributed by atoms with Gasteiger partial charge in [-0.1, -0.05) is 121 Å². The van der Waals surface area contributed by atoms with Crippen LogP contribution in [0.25, 0.3) is 54.9 Å². The summed E-state index contributed by atoms with van der Waals surface area (Å²) >= 11 is 0. The Balaban J connectivity index is 0.000000147. The highest BCUT2D eigenvalue weighted by Crippen LogP contribution is 2.36. The van der Waals surface area contributed by atoms with E-state index in [2.05, 4.69) is 76.3 Å². The molecule has 9 N–H and O–H groups in total. The van der Waals surface area contributed by atoms with Gasteiger partial charge in [-0.3, -0.25) is 33.9 Å². The number of carboxylic acid groups (broad SMARTS) is 1. The predicted molar refractivity (Wildman–Crippen MR) is 554 cm³/mol. The molecular weight excluding hydrogens is 1780 g/mol. The van der Waals surface area contributed by atoms with Crippen molar-refractivity contribution in [2.75, 3.05) is 88.9 Å². The molecule has 0 saturated carbocycles. The number of anilines is 10. The molecule has 0 aliphatic carbocycles. The van der Waals surface area contributed by atoms with Crippen LogP contribution in [0.5, 0.6) is 5.75 Å². The first-order valence-electron chi connectivity index (χ1n) is 44.2. The Labute approximate surface area is 811 Å². The number of hydrogen-bond donors (Lipinski definition) is 8. The van der Waals surface area contributed by atoms with Crippen molar-refractivity contribution in [2.45, 2.75) is 53.0 Å². The number of nitrogens with one attached hydrogen (secondary N) is 6. The Morgan fingerprint density at radius 1 is 0.407 bits per heavy atom. The third-order valence-corrected chi connectivity index (χ3v) is 23.4. The maximum atomic E-state index is 13.9. The number of carbonyl (C=O) groups excluding carboxylic acids is 5. The van der Waals surface area contributed by atoms with Crippen LogP contribution in [0.4, 0.5) is 61.3 Å². The van der Waals surface area contributed by atoms with Gasteiger partial charge in [0, 0.05) is 164 Å². The fraction of sp³-hybridized carbons (Fsp3) is 0.116. The number of fused-ring (bicyclic) bond motifs is 2. The van der Waals surface area contributed by atoms with E-state index in [1.165, 1.54) is 36.4 Å². The zero-order valence-electron chi connectivity index (χ0n) is 78.9. The lowest BCUT2D eigenvalue weighted by Crippen LogP contribution is -2.14. The number of nitrogens with two attached hydrogens (primary N) is 1. The first-order valence-corrected chi connectivity index (χ1v) is 45.7. The molecule has 17 aromatic rings. The summed E-state index contributed by atoms with van der Waals surface area (Å²) in [5, 5.41) is 52.7. The number of hydrogen-bond acceptors (Lipinski definition) is 19. The number of pyridine rings is 2. The van der Waals surface area contributed by atoms with Crippen LogP contribution in [0.3, 0.4) is 0 Å². The summed E-state index contributed by atoms with van der Waals surface area (Å²) in [5.41, 5.74) is 21.7. The van der Waals surface area contributed by atoms with Crippen LogP contribution in [0.15, 0.2) is 343 Å². The van der Waals surface area contributed by atoms with Crippen molar-refractivity contribution in [3.8, 4) is 45.2 Å². The molecule has 17 rings (SSSR count). The van der Waals surface area contributed by atoms with Gasteiger partial charge >= 0.3 is 17.8 Å². The number of sulfonamides is 1. The number of nitriles is 1. The molecule has 28 heteroatoms. The highest BCUT2D eigenvalue weighted by Gasteiger charge is 2.20. The van der Waals surface area contributed by atoms with Gasteiger partial charge in [-0.15, -0.1) is 10.2 Å². The van der Waals surface area contributed by atoms with Crippen LogP contribution in [0.1, 0.15) is 107 Å². The number of benzene rings is 14. The van der Waals surface area contributed by atoms with E-state index in [-0.39, 0.29) is 45.5 Å². The van der Waals surface area contributed by atoms with E-state index in [1.807, 2.05) is 304 Å². The summed E-state index contributed by atoms with van der Waals surface area (Å²) in [6, 6.07) is 95.4. The number of aryl methyl sites for hydroxylation is 6. The minimum atomic E-state index is -3.80. The number of primary sulfonamides is 1. The first-order chi connectivity index (χ1) is 67.2. The molecule has 26 nitrogen and oxygen atoms in total. The number of carboxylic acids is 1. The second kappa shape index (κ2) is 46.0. The number of ether oxygens (including phenoxy) is 1. The van der Waals surface area contributed by atoms with Crippen LogP contribution < -0.4 is 56.5 Å². The molecule has 0 aliphatic heterocycles. The Bertz CT molecular complexity index is 7600. The fourth-order valence-electron chi connectivity index (χ4n) is 14.6. The molecule has 0 radical (unpaired) electrons. The van der Waals surface area contributed by atoms with Crippen LogP contribution in [-0.4, -0.2) is 111 Å². The van der Waals surface area contributed by atoms with E-state index < -0.39 is 27.7 Å². The van der Waals surface area contributed by atoms with Crippen LogP contribution in [0.2, 0.25) is 0 Å². The van der Waals surface area contributed by atoms with Crippen molar-refractivity contribution in [3.05, 3.63) is 419 Å². The molecule has 0 aliphatic rings. The van der Waals surface area contributed by atoms with Gasteiger partial charge in [-0.2, -0.15) is 5.26 Å². The van der Waals surface area contributed by atoms with Crippen molar-refractivity contribution in [2.24, 2.45) is 5.14 Å². The second-order valence-electron chi connectivity index (χ2n) is 33.3. The van der Waals surface area contributed by atoms with Crippen molar-refractivity contribution in [3.63, 3.8) is 0 Å². The largest absolute Gasteiger partial charge is 0.489 e. The third kappa shape index (κ3) is 26.6. The molecule has 0 bridgehead atoms. The molecule has 0 fully saturated rings. The average molecular weight is 1890 g/mol. The molecule has 3 aromatic heterocycles. The van der Waals surface area contributed by atoms with Crippen molar-refractivity contribution in [1.82, 2.24) is 20.2 Å². The lowest BCUT2D eigenvalue weighted by molar-refractivity contribution is 0.0695. The van der Waals surface area contributed by atoms with E-state index >= 15 is 0 Å². The predicted octanol–water partition coefficient (Wildman–Crippen LogP) is 22.9. The number of carbonyl (C=O) groups is 6. The smallest absolute Gasteiger partial charge is 0.335 e. The van der Waals surface area contributed by atoms with Crippen molar-refractivity contribution >= 4 is 124 Å². The van der Waals surface area contributed by atoms with Gasteiger partial charge < -0.3 is 60.9 Å². The zero-order chi connectivity index (χ0) is 99.8. The quantitative estimate of drug-likeness (QED) is 0.0295. The van der Waals surface area contributed by atoms with Gasteiger partial charge in [0.2, 0.25) is 15.9 Å². The minimum Gasteiger partial charge on any atom is -0.489 e. The molecule has 5 amide bonds. The second-order valence-corrected chi connectivity index (χ2v) is 34.9. The first kappa shape index (κ1) is 99.7. The Kier molecular flexibility index (Phi) is 32.7. The van der Waals surface area contributed by atoms with Gasteiger partial charge in [0.15, 0.2) is 0 Å². The molecule has 0 spiro atoms. The van der Waals surface area contributed by atoms with E-state index in [4.69, 9.17) is 19.4 Å². The summed E-state index contributed by atoms with van der Waals surface area (Å²) in [4.78, 5) is 87.9. The number of rotatable bonds is 23. The normalized spacial score (nSPS) is 10.6. The maximum Gasteiger partial charge on any atom is 0.335 e. The van der Waals surface area contributed by atoms with E-state index in [0.717, 1.165) is 111 Å². The summed E-state index contributed by atoms with van der Waals surface area (Å²) in [5.74, 6) is -1.80. The van der Waals surface area contributed by atoms with Gasteiger partial charge in [0.05, 0.1) is 16.1 Å². The molecular formula is C112H102FN15O11S. The van der Waals surface area contributed by atoms with E-state index in [9.17, 15) is 46.8 Å². The van der Waals surface area contributed by atoms with E-state index in [0.29, 0.717) is 74.6 Å². The number of amides is 5. The fourth-order valence-corrected chi connectivity index (χ4v) is 15.1. The number of nitrogens with zero attached hydrogens (tertiary/aromatic N) is 8. The molecule has 140 heavy (non-hydrogen) atoms. The highest BCUT2D eigenvalue weighted by molar-refractivity contribution is 7.89. The van der Waals surface area contributed by atoms with E-state index in [1.54, 1.807) is 73.9 Å². The number of aromatic carboxylic acids is 1. The zero-order valence-corrected chi connectivity index (χ0v) is 79.7. The van der Waals surface area contributed by atoms with Crippen molar-refractivity contribution in [1.29, 1.82) is 5.26 Å². The molecule has 3 heterocycles. The third-order valence-electron chi connectivity index (χ3n) is 22.4. The molecule has 0 atom stereocenters. The van der Waals surface area contributed by atoms with Crippen LogP contribution >= 0.6 is 0 Å². The number of halogens is 1. The standard InChI is InChI=1S/C23H21FN4O.C23H19N3O3S.C23H22N2O3.C23H24N2O2.C20H16N4O2/c1-15-10-11-17(26-23(29)16-6-4-7-18(12-16)28(2)3)13-22(15)27-21-9-5-8-20(24)19(21)14-25;1-15-2-7-20(26-23(27)17-5-8-21(9-6-17)30(24,28)29)13-22(15)18-4-3-16-10-11-25-14-19(16)12-18;1-15-7-12-19(14-21(15)16-8-10-17(11-9-16)23(27)28)24-22(26)18-5-4-6-20(13-18)25(2)3;1-17-12-13-20(15-22(17)27-16-18-8-5-4-6-9-18)24-23(26)19-10-7-11-21(14-19)25(2)3;1-12-3-6-17(22-19(25)20-24-23-13(2)26-20)10-18(12)15-5-4-14-7-8-21-11-16(14)9-15/h4-13,27H,1-3H3,(H,26,29);2-14H,1H3,(H,26,27)(H2,24,28,29);4-14H,1-3H3,(H,24,26)(H,27,28);4-15H,16H2,1-3H3,(H,24,26);3-11H,1-2H3,(H,22,25). The summed E-state index contributed by atoms with van der Waals surface area (Å²) < 4.78 is 47.7. The van der Waals surface area contributed by atoms with Crippen molar-refractivity contribution < 1.29 is 55.8 Å². The summed E-state index contributed by atoms with van der Waals surface area (Å²) in [6.45, 7) is 12.0. The lowest BCUT2D eigenvalue weighted by Gasteiger charge is -2.15. The van der Waals surface area contributed by atoms with Gasteiger partial charge in [0.1, 0.15) is 29.8 Å². The molecule has 704 valence electrons. The highest BCUT2D eigenvalue weighted by atomic mass is 32.2. The monoisotopic (exact) mass is 1880 g/mol. The topological polar surface area (TPSA) is 362 Å². The molecule has 14 aromatic carbocycles. The van der Waals surface area contributed by atoms with Crippen LogP contribution in [-0.2, 0) is 16.6 Å². The SMILES string of the molecule is Cc1ccc(NC(=O)c2ccc(S(N)(=O)=O)cc2)cc1-c1ccc2ccncc2c1.Cc1ccc(NC(=O)c2cccc(N(C)C)c2)cc1-c1ccc(C(=O)O)cc1.Cc1ccc(NC(=O)c2cccc(N(C)C)c2)cc1Nc1cccc(F)c1C#N.Cc1ccc(NC(=O)c2cccc(N(C)C)c2)cc1OCc1ccccc1.Cc1nnc(C(=O)Nc2ccc(C)c(-c3ccc4ccncc4c3)c2)o1. The summed E-state index contributed by atoms with van der Waals surface area (Å²) in [7, 11) is 7.79. The molecule has 0 unspecified atom stereocenters. The maximum absolute atomic E-state index is 13.9.